The molecule has 31 heavy (non-hydrogen) atoms. The number of hydrogen-bond acceptors (Lipinski definition) is 5. The number of carbonyl (C=O) groups is 1. The molecule has 172 valence electrons. The van der Waals surface area contributed by atoms with Crippen LogP contribution in [0.3, 0.4) is 0 Å². The first-order valence-electron chi connectivity index (χ1n) is 10.8. The molecule has 0 N–H and O–H groups in total. The van der Waals surface area contributed by atoms with E-state index in [1.54, 1.807) is 22.6 Å². The summed E-state index contributed by atoms with van der Waals surface area (Å²) in [7, 11) is -0.165. The third-order valence-electron chi connectivity index (χ3n) is 5.96. The Morgan fingerprint density at radius 1 is 1.13 bits per heavy atom. The highest BCUT2D eigenvalue weighted by Gasteiger charge is 2.33. The highest BCUT2D eigenvalue weighted by molar-refractivity contribution is 7.92. The van der Waals surface area contributed by atoms with Gasteiger partial charge in [-0.3, -0.25) is 18.7 Å². The SMILES string of the molecule is CCCn1c(C(=O)N2CCC(S(=O)(=O)CC(C)C)CC2)cc2c(=O)n(C)c(=O)n(C)c21. The van der Waals surface area contributed by atoms with Crippen LogP contribution in [-0.2, 0) is 30.5 Å². The second kappa shape index (κ2) is 8.64. The van der Waals surface area contributed by atoms with Crippen LogP contribution in [-0.4, -0.2) is 57.0 Å². The quantitative estimate of drug-likeness (QED) is 0.654. The number of carbonyl (C=O) groups excluding carboxylic acids is 1. The third-order valence-corrected chi connectivity index (χ3v) is 8.58. The molecule has 0 saturated carbocycles. The number of sulfone groups is 1. The van der Waals surface area contributed by atoms with E-state index in [2.05, 4.69) is 0 Å². The van der Waals surface area contributed by atoms with E-state index in [0.29, 0.717) is 49.2 Å². The lowest BCUT2D eigenvalue weighted by atomic mass is 10.1. The van der Waals surface area contributed by atoms with Crippen LogP contribution in [0.4, 0.5) is 0 Å². The molecule has 0 aromatic carbocycles. The van der Waals surface area contributed by atoms with E-state index < -0.39 is 26.3 Å². The summed E-state index contributed by atoms with van der Waals surface area (Å²) in [6.45, 7) is 6.94. The molecule has 1 aliphatic heterocycles. The number of fused-ring (bicyclic) bond motifs is 1. The van der Waals surface area contributed by atoms with Crippen molar-refractivity contribution in [3.8, 4) is 0 Å². The van der Waals surface area contributed by atoms with Crippen molar-refractivity contribution < 1.29 is 13.2 Å². The predicted octanol–water partition coefficient (Wildman–Crippen LogP) is 1.12. The van der Waals surface area contributed by atoms with E-state index in [0.717, 1.165) is 11.0 Å². The van der Waals surface area contributed by atoms with Crippen LogP contribution >= 0.6 is 0 Å². The van der Waals surface area contributed by atoms with Gasteiger partial charge in [0.05, 0.1) is 16.4 Å². The Morgan fingerprint density at radius 2 is 1.74 bits per heavy atom. The minimum atomic E-state index is -3.18. The summed E-state index contributed by atoms with van der Waals surface area (Å²) in [6.07, 6.45) is 1.55. The van der Waals surface area contributed by atoms with Crippen molar-refractivity contribution in [2.24, 2.45) is 20.0 Å². The summed E-state index contributed by atoms with van der Waals surface area (Å²) in [5, 5.41) is -0.0932. The normalized spacial score (nSPS) is 15.9. The van der Waals surface area contributed by atoms with Gasteiger partial charge in [-0.15, -0.1) is 0 Å². The van der Waals surface area contributed by atoms with Gasteiger partial charge in [0.2, 0.25) is 0 Å². The van der Waals surface area contributed by atoms with E-state index in [4.69, 9.17) is 0 Å². The Kier molecular flexibility index (Phi) is 6.50. The highest BCUT2D eigenvalue weighted by Crippen LogP contribution is 2.24. The summed E-state index contributed by atoms with van der Waals surface area (Å²) in [5.41, 5.74) is -0.0741. The standard InChI is InChI=1S/C21H32N4O5S/c1-6-9-25-17(12-16-18(25)22(4)21(28)23(5)19(16)26)20(27)24-10-7-15(8-11-24)31(29,30)13-14(2)3/h12,14-15H,6-11,13H2,1-5H3. The van der Waals surface area contributed by atoms with Crippen LogP contribution in [0.2, 0.25) is 0 Å². The second-order valence-electron chi connectivity index (χ2n) is 8.84. The maximum absolute atomic E-state index is 13.4. The number of aromatic nitrogens is 3. The highest BCUT2D eigenvalue weighted by atomic mass is 32.2. The van der Waals surface area contributed by atoms with E-state index in [1.807, 2.05) is 20.8 Å². The molecule has 0 atom stereocenters. The van der Waals surface area contributed by atoms with Crippen LogP contribution in [0.1, 0.15) is 50.5 Å². The van der Waals surface area contributed by atoms with Gasteiger partial charge in [0, 0.05) is 33.7 Å². The second-order valence-corrected chi connectivity index (χ2v) is 11.2. The summed E-state index contributed by atoms with van der Waals surface area (Å²) in [6, 6.07) is 1.57. The van der Waals surface area contributed by atoms with Crippen molar-refractivity contribution in [2.45, 2.75) is 51.8 Å². The lowest BCUT2D eigenvalue weighted by Gasteiger charge is -2.32. The minimum Gasteiger partial charge on any atom is -0.337 e. The molecule has 3 heterocycles. The van der Waals surface area contributed by atoms with Crippen molar-refractivity contribution in [3.63, 3.8) is 0 Å². The van der Waals surface area contributed by atoms with Crippen molar-refractivity contribution in [2.75, 3.05) is 18.8 Å². The Morgan fingerprint density at radius 3 is 2.29 bits per heavy atom. The van der Waals surface area contributed by atoms with Crippen LogP contribution in [0, 0.1) is 5.92 Å². The Balaban J connectivity index is 1.94. The van der Waals surface area contributed by atoms with Gasteiger partial charge in [-0.1, -0.05) is 20.8 Å². The molecule has 0 aliphatic carbocycles. The van der Waals surface area contributed by atoms with Gasteiger partial charge in [0.25, 0.3) is 11.5 Å². The van der Waals surface area contributed by atoms with Gasteiger partial charge in [0.15, 0.2) is 9.84 Å². The topological polar surface area (TPSA) is 103 Å². The average molecular weight is 453 g/mol. The molecule has 0 bridgehead atoms. The zero-order valence-electron chi connectivity index (χ0n) is 18.9. The number of piperidine rings is 1. The molecular formula is C21H32N4O5S. The third kappa shape index (κ3) is 4.22. The van der Waals surface area contributed by atoms with Crippen molar-refractivity contribution in [1.29, 1.82) is 0 Å². The first-order valence-corrected chi connectivity index (χ1v) is 12.5. The number of amides is 1. The molecule has 1 amide bonds. The van der Waals surface area contributed by atoms with Gasteiger partial charge in [-0.25, -0.2) is 13.2 Å². The number of hydrogen-bond donors (Lipinski definition) is 0. The molecule has 2 aromatic rings. The van der Waals surface area contributed by atoms with Gasteiger partial charge >= 0.3 is 5.69 Å². The van der Waals surface area contributed by atoms with Crippen molar-refractivity contribution >= 4 is 26.8 Å². The minimum absolute atomic E-state index is 0.0728. The van der Waals surface area contributed by atoms with Crippen LogP contribution in [0.25, 0.3) is 11.0 Å². The summed E-state index contributed by atoms with van der Waals surface area (Å²) >= 11 is 0. The van der Waals surface area contributed by atoms with Crippen LogP contribution in [0.5, 0.6) is 0 Å². The number of likely N-dealkylation sites (tertiary alicyclic amines) is 1. The van der Waals surface area contributed by atoms with E-state index in [1.165, 1.54) is 11.6 Å². The van der Waals surface area contributed by atoms with Crippen molar-refractivity contribution in [3.05, 3.63) is 32.6 Å². The molecule has 1 aliphatic rings. The Labute approximate surface area is 182 Å². The van der Waals surface area contributed by atoms with Gasteiger partial charge in [-0.05, 0) is 31.2 Å². The van der Waals surface area contributed by atoms with Crippen molar-refractivity contribution in [1.82, 2.24) is 18.6 Å². The molecule has 3 rings (SSSR count). The summed E-state index contributed by atoms with van der Waals surface area (Å²) < 4.78 is 29.3. The lowest BCUT2D eigenvalue weighted by Crippen LogP contribution is -2.44. The van der Waals surface area contributed by atoms with Gasteiger partial charge < -0.3 is 9.47 Å². The molecule has 0 spiro atoms. The number of aryl methyl sites for hydroxylation is 2. The fraction of sp³-hybridized carbons (Fsp3) is 0.667. The fourth-order valence-corrected chi connectivity index (χ4v) is 6.58. The van der Waals surface area contributed by atoms with E-state index >= 15 is 0 Å². The van der Waals surface area contributed by atoms with Crippen LogP contribution < -0.4 is 11.2 Å². The summed E-state index contributed by atoms with van der Waals surface area (Å²) in [4.78, 5) is 40.1. The number of rotatable bonds is 6. The smallest absolute Gasteiger partial charge is 0.332 e. The molecule has 0 unspecified atom stereocenters. The van der Waals surface area contributed by atoms with Gasteiger partial charge in [-0.2, -0.15) is 0 Å². The first-order chi connectivity index (χ1) is 14.5. The van der Waals surface area contributed by atoms with Crippen LogP contribution in [0.15, 0.2) is 15.7 Å². The molecule has 1 saturated heterocycles. The molecule has 9 nitrogen and oxygen atoms in total. The van der Waals surface area contributed by atoms with E-state index in [-0.39, 0.29) is 17.6 Å². The largest absolute Gasteiger partial charge is 0.337 e. The molecule has 1 fully saturated rings. The molecule has 10 heteroatoms. The Bertz CT molecular complexity index is 1210. The average Bonchev–Trinajstić information content (AvgIpc) is 3.09. The number of nitrogens with zero attached hydrogens (tertiary/aromatic N) is 4. The molecular weight excluding hydrogens is 420 g/mol. The monoisotopic (exact) mass is 452 g/mol. The Hall–Kier alpha value is -2.36. The van der Waals surface area contributed by atoms with E-state index in [9.17, 15) is 22.8 Å². The molecule has 0 radical (unpaired) electrons. The lowest BCUT2D eigenvalue weighted by molar-refractivity contribution is 0.0715. The fourth-order valence-electron chi connectivity index (χ4n) is 4.45. The maximum Gasteiger partial charge on any atom is 0.332 e. The summed E-state index contributed by atoms with van der Waals surface area (Å²) in [5.74, 6) is -0.00393. The maximum atomic E-state index is 13.4. The van der Waals surface area contributed by atoms with Gasteiger partial charge in [0.1, 0.15) is 11.3 Å². The zero-order valence-corrected chi connectivity index (χ0v) is 19.7. The first kappa shape index (κ1) is 23.3. The zero-order chi connectivity index (χ0) is 23.1. The molecule has 2 aromatic heterocycles. The predicted molar refractivity (Wildman–Crippen MR) is 120 cm³/mol.